The van der Waals surface area contributed by atoms with E-state index >= 15 is 0 Å². The van der Waals surface area contributed by atoms with Crippen LogP contribution in [0, 0.1) is 11.3 Å². The van der Waals surface area contributed by atoms with Crippen molar-refractivity contribution < 1.29 is 31.5 Å². The van der Waals surface area contributed by atoms with Gasteiger partial charge in [-0.25, -0.2) is 4.79 Å². The van der Waals surface area contributed by atoms with Crippen LogP contribution in [0.1, 0.15) is 21.5 Å². The lowest BCUT2D eigenvalue weighted by atomic mass is 9.89. The van der Waals surface area contributed by atoms with E-state index in [0.717, 1.165) is 7.11 Å². The summed E-state index contributed by atoms with van der Waals surface area (Å²) >= 11 is 3.16. The zero-order valence-electron chi connectivity index (χ0n) is 13.5. The van der Waals surface area contributed by atoms with E-state index in [1.54, 1.807) is 6.07 Å². The third kappa shape index (κ3) is 3.60. The molecule has 0 spiro atoms. The van der Waals surface area contributed by atoms with Crippen molar-refractivity contribution in [3.8, 4) is 17.2 Å². The summed E-state index contributed by atoms with van der Waals surface area (Å²) in [4.78, 5) is 11.9. The average Bonchev–Trinajstić information content (AvgIpc) is 2.59. The zero-order valence-corrected chi connectivity index (χ0v) is 15.1. The van der Waals surface area contributed by atoms with Crippen LogP contribution in [0.15, 0.2) is 34.8 Å². The van der Waals surface area contributed by atoms with Crippen molar-refractivity contribution in [2.45, 2.75) is 12.1 Å². The lowest BCUT2D eigenvalue weighted by Crippen LogP contribution is -2.36. The van der Waals surface area contributed by atoms with E-state index in [9.17, 15) is 32.0 Å². The van der Waals surface area contributed by atoms with Crippen LogP contribution in [0.4, 0.5) is 27.6 Å². The fraction of sp³-hybridized carbons (Fsp3) is 0.176. The molecule has 0 amide bonds. The molecule has 0 radical (unpaired) electrons. The molecule has 2 aromatic carbocycles. The highest BCUT2D eigenvalue weighted by Gasteiger charge is 2.60. The molecular weight excluding hydrogens is 439 g/mol. The van der Waals surface area contributed by atoms with Crippen molar-refractivity contribution in [1.82, 2.24) is 0 Å². The van der Waals surface area contributed by atoms with Gasteiger partial charge in [0.25, 0.3) is 0 Å². The van der Waals surface area contributed by atoms with Gasteiger partial charge in [-0.3, -0.25) is 0 Å². The topological polar surface area (TPSA) is 76.1 Å². The SMILES string of the molecule is COC(=O)c1c(C(F)(F)C(F)(F)F)cc(-c2ccc(Br)cc2)c(C#N)c1N. The predicted molar refractivity (Wildman–Crippen MR) is 90.0 cm³/mol. The summed E-state index contributed by atoms with van der Waals surface area (Å²) < 4.78 is 72.0. The van der Waals surface area contributed by atoms with E-state index in [1.807, 2.05) is 0 Å². The summed E-state index contributed by atoms with van der Waals surface area (Å²) in [6.45, 7) is 0. The summed E-state index contributed by atoms with van der Waals surface area (Å²) in [5.74, 6) is -6.91. The first-order valence-electron chi connectivity index (χ1n) is 7.11. The van der Waals surface area contributed by atoms with Gasteiger partial charge in [0, 0.05) is 15.6 Å². The van der Waals surface area contributed by atoms with Crippen LogP contribution in [0.25, 0.3) is 11.1 Å². The molecule has 0 aromatic heterocycles. The Bertz CT molecular complexity index is 934. The molecule has 0 saturated carbocycles. The smallest absolute Gasteiger partial charge is 0.458 e. The Kier molecular flexibility index (Phi) is 5.47. The molecule has 0 aliphatic carbocycles. The Hall–Kier alpha value is -2.67. The minimum Gasteiger partial charge on any atom is -0.465 e. The highest BCUT2D eigenvalue weighted by Crippen LogP contribution is 2.48. The molecule has 27 heavy (non-hydrogen) atoms. The number of alkyl halides is 5. The lowest BCUT2D eigenvalue weighted by Gasteiger charge is -2.24. The number of methoxy groups -OCH3 is 1. The van der Waals surface area contributed by atoms with Gasteiger partial charge in [-0.2, -0.15) is 27.2 Å². The van der Waals surface area contributed by atoms with E-state index < -0.39 is 40.4 Å². The number of nitrogens with two attached hydrogens (primary N) is 1. The van der Waals surface area contributed by atoms with Crippen LogP contribution >= 0.6 is 15.9 Å². The van der Waals surface area contributed by atoms with Crippen molar-refractivity contribution in [2.24, 2.45) is 0 Å². The Morgan fingerprint density at radius 1 is 1.19 bits per heavy atom. The van der Waals surface area contributed by atoms with Crippen LogP contribution in [-0.4, -0.2) is 19.3 Å². The van der Waals surface area contributed by atoms with Gasteiger partial charge in [-0.15, -0.1) is 0 Å². The van der Waals surface area contributed by atoms with Crippen molar-refractivity contribution in [2.75, 3.05) is 12.8 Å². The summed E-state index contributed by atoms with van der Waals surface area (Å²) in [5, 5.41) is 9.35. The van der Waals surface area contributed by atoms with E-state index in [2.05, 4.69) is 20.7 Å². The highest BCUT2D eigenvalue weighted by atomic mass is 79.9. The molecule has 0 fully saturated rings. The number of hydrogen-bond donors (Lipinski definition) is 1. The number of carbonyl (C=O) groups excluding carboxylic acids is 1. The number of rotatable bonds is 3. The first-order chi connectivity index (χ1) is 12.5. The van der Waals surface area contributed by atoms with Gasteiger partial charge in [0.1, 0.15) is 6.07 Å². The molecule has 0 aliphatic heterocycles. The zero-order chi connectivity index (χ0) is 20.6. The Morgan fingerprint density at radius 3 is 2.19 bits per heavy atom. The first kappa shape index (κ1) is 20.6. The molecule has 2 aromatic rings. The number of ether oxygens (including phenoxy) is 1. The molecule has 0 aliphatic rings. The van der Waals surface area contributed by atoms with E-state index in [4.69, 9.17) is 5.73 Å². The summed E-state index contributed by atoms with van der Waals surface area (Å²) in [7, 11) is 0.798. The van der Waals surface area contributed by atoms with Crippen LogP contribution in [0.2, 0.25) is 0 Å². The summed E-state index contributed by atoms with van der Waals surface area (Å²) in [6, 6.07) is 7.88. The highest BCUT2D eigenvalue weighted by molar-refractivity contribution is 9.10. The second-order valence-corrected chi connectivity index (χ2v) is 6.23. The second kappa shape index (κ2) is 7.15. The average molecular weight is 449 g/mol. The molecule has 0 saturated heterocycles. The van der Waals surface area contributed by atoms with Crippen molar-refractivity contribution in [3.63, 3.8) is 0 Å². The van der Waals surface area contributed by atoms with Crippen LogP contribution in [0.5, 0.6) is 0 Å². The van der Waals surface area contributed by atoms with Crippen molar-refractivity contribution >= 4 is 27.6 Å². The molecule has 2 N–H and O–H groups in total. The third-order valence-electron chi connectivity index (χ3n) is 3.72. The van der Waals surface area contributed by atoms with E-state index in [1.165, 1.54) is 24.3 Å². The number of hydrogen-bond acceptors (Lipinski definition) is 4. The van der Waals surface area contributed by atoms with Gasteiger partial charge < -0.3 is 10.5 Å². The van der Waals surface area contributed by atoms with Gasteiger partial charge in [0.15, 0.2) is 0 Å². The third-order valence-corrected chi connectivity index (χ3v) is 4.25. The fourth-order valence-electron chi connectivity index (χ4n) is 2.40. The van der Waals surface area contributed by atoms with Crippen LogP contribution < -0.4 is 5.73 Å². The van der Waals surface area contributed by atoms with E-state index in [0.29, 0.717) is 10.5 Å². The number of halogens is 6. The molecular formula is C17H10BrF5N2O2. The molecule has 4 nitrogen and oxygen atoms in total. The minimum absolute atomic E-state index is 0.164. The predicted octanol–water partition coefficient (Wildman–Crippen LogP) is 5.01. The van der Waals surface area contributed by atoms with Crippen LogP contribution in [0.3, 0.4) is 0 Å². The fourth-order valence-corrected chi connectivity index (χ4v) is 2.67. The Morgan fingerprint density at radius 2 is 1.74 bits per heavy atom. The van der Waals surface area contributed by atoms with Crippen LogP contribution in [-0.2, 0) is 10.7 Å². The van der Waals surface area contributed by atoms with E-state index in [-0.39, 0.29) is 11.1 Å². The second-order valence-electron chi connectivity index (χ2n) is 5.32. The standard InChI is InChI=1S/C17H10BrF5N2O2/c1-27-15(26)13-12(16(19,20)17(21,22)23)6-10(11(7-24)14(13)25)8-2-4-9(18)5-3-8/h2-6H,25H2,1H3. The number of esters is 1. The normalized spacial score (nSPS) is 11.8. The van der Waals surface area contributed by atoms with Gasteiger partial charge in [0.05, 0.1) is 23.9 Å². The quantitative estimate of drug-likeness (QED) is 0.406. The number of nitrogen functional groups attached to an aromatic ring is 1. The lowest BCUT2D eigenvalue weighted by molar-refractivity contribution is -0.289. The van der Waals surface area contributed by atoms with Crippen molar-refractivity contribution in [1.29, 1.82) is 5.26 Å². The first-order valence-corrected chi connectivity index (χ1v) is 7.90. The molecule has 0 unspecified atom stereocenters. The maximum atomic E-state index is 14.1. The summed E-state index contributed by atoms with van der Waals surface area (Å²) in [6.07, 6.45) is -5.99. The minimum atomic E-state index is -5.99. The van der Waals surface area contributed by atoms with Gasteiger partial charge in [0.2, 0.25) is 0 Å². The number of nitriles is 1. The molecule has 2 rings (SSSR count). The summed E-state index contributed by atoms with van der Waals surface area (Å²) in [5.41, 5.74) is 1.43. The maximum absolute atomic E-state index is 14.1. The number of carbonyl (C=O) groups is 1. The molecule has 142 valence electrons. The Labute approximate surface area is 158 Å². The van der Waals surface area contributed by atoms with Gasteiger partial charge in [-0.05, 0) is 23.8 Å². The molecule has 10 heteroatoms. The molecule has 0 atom stereocenters. The Balaban J connectivity index is 2.95. The largest absolute Gasteiger partial charge is 0.465 e. The van der Waals surface area contributed by atoms with Gasteiger partial charge >= 0.3 is 18.1 Å². The molecule has 0 bridgehead atoms. The number of benzene rings is 2. The van der Waals surface area contributed by atoms with Gasteiger partial charge in [-0.1, -0.05) is 28.1 Å². The number of anilines is 1. The molecule has 0 heterocycles. The monoisotopic (exact) mass is 448 g/mol. The van der Waals surface area contributed by atoms with Crippen molar-refractivity contribution in [3.05, 3.63) is 51.5 Å². The number of nitrogens with zero attached hydrogens (tertiary/aromatic N) is 1. The maximum Gasteiger partial charge on any atom is 0.458 e.